The van der Waals surface area contributed by atoms with Crippen molar-refractivity contribution in [2.75, 3.05) is 13.1 Å². The minimum atomic E-state index is -4.35. The van der Waals surface area contributed by atoms with Crippen molar-refractivity contribution in [1.29, 1.82) is 0 Å². The fourth-order valence-corrected chi connectivity index (χ4v) is 1.46. The highest BCUT2D eigenvalue weighted by atomic mass is 19.4. The monoisotopic (exact) mass is 268 g/mol. The Labute approximate surface area is 107 Å². The molecule has 0 saturated carbocycles. The molecule has 0 radical (unpaired) electrons. The third-order valence-electron chi connectivity index (χ3n) is 2.52. The second kappa shape index (κ2) is 8.34. The quantitative estimate of drug-likeness (QED) is 0.710. The number of alkyl halides is 3. The number of carbonyl (C=O) groups is 1. The summed E-state index contributed by atoms with van der Waals surface area (Å²) in [5.74, 6) is 0.0234. The maximum atomic E-state index is 11.8. The van der Waals surface area contributed by atoms with E-state index in [1.54, 1.807) is 0 Å². The van der Waals surface area contributed by atoms with Gasteiger partial charge in [-0.2, -0.15) is 13.2 Å². The van der Waals surface area contributed by atoms with Crippen molar-refractivity contribution in [2.24, 2.45) is 5.92 Å². The van der Waals surface area contributed by atoms with Crippen molar-refractivity contribution in [1.82, 2.24) is 10.6 Å². The maximum absolute atomic E-state index is 11.8. The molecule has 1 unspecified atom stereocenters. The molecule has 108 valence electrons. The van der Waals surface area contributed by atoms with E-state index < -0.39 is 18.6 Å². The fraction of sp³-hybridized carbons (Fsp3) is 0.917. The van der Waals surface area contributed by atoms with Crippen LogP contribution in [0.15, 0.2) is 0 Å². The highest BCUT2D eigenvalue weighted by Crippen LogP contribution is 2.12. The Hall–Kier alpha value is -0.780. The van der Waals surface area contributed by atoms with Crippen molar-refractivity contribution in [2.45, 2.75) is 52.3 Å². The van der Waals surface area contributed by atoms with Gasteiger partial charge in [0.2, 0.25) is 5.91 Å². The number of hydrogen-bond acceptors (Lipinski definition) is 2. The summed E-state index contributed by atoms with van der Waals surface area (Å²) in [6.45, 7) is 4.87. The summed E-state index contributed by atoms with van der Waals surface area (Å²) >= 11 is 0. The van der Waals surface area contributed by atoms with Crippen LogP contribution in [-0.4, -0.2) is 31.2 Å². The first kappa shape index (κ1) is 17.2. The molecule has 0 aromatic rings. The van der Waals surface area contributed by atoms with Crippen LogP contribution in [0, 0.1) is 5.92 Å². The average Bonchev–Trinajstić information content (AvgIpc) is 2.22. The van der Waals surface area contributed by atoms with Crippen LogP contribution in [-0.2, 0) is 4.79 Å². The van der Waals surface area contributed by atoms with Crippen molar-refractivity contribution >= 4 is 5.91 Å². The van der Waals surface area contributed by atoms with Gasteiger partial charge in [0.25, 0.3) is 0 Å². The molecule has 1 amide bonds. The number of halogens is 3. The predicted octanol–water partition coefficient (Wildman–Crippen LogP) is 2.47. The lowest BCUT2D eigenvalue weighted by Crippen LogP contribution is -2.41. The molecule has 0 aromatic carbocycles. The molecule has 0 spiro atoms. The van der Waals surface area contributed by atoms with Crippen LogP contribution in [0.3, 0.4) is 0 Å². The zero-order valence-corrected chi connectivity index (χ0v) is 11.2. The first-order chi connectivity index (χ1) is 8.20. The van der Waals surface area contributed by atoms with Gasteiger partial charge in [-0.05, 0) is 19.3 Å². The van der Waals surface area contributed by atoms with E-state index in [4.69, 9.17) is 0 Å². The molecule has 0 heterocycles. The second-order valence-corrected chi connectivity index (χ2v) is 5.00. The van der Waals surface area contributed by atoms with Crippen LogP contribution in [0.4, 0.5) is 13.2 Å². The molecule has 6 heteroatoms. The maximum Gasteiger partial charge on any atom is 0.405 e. The standard InChI is InChI=1S/C12H23F3N2O/c1-9(2)5-4-6-10(3)16-7-11(18)17-8-12(13,14)15/h9-10,16H,4-8H2,1-3H3,(H,17,18). The summed E-state index contributed by atoms with van der Waals surface area (Å²) in [7, 11) is 0. The summed E-state index contributed by atoms with van der Waals surface area (Å²) in [5, 5.41) is 4.74. The van der Waals surface area contributed by atoms with Gasteiger partial charge in [-0.15, -0.1) is 0 Å². The zero-order chi connectivity index (χ0) is 14.2. The van der Waals surface area contributed by atoms with E-state index in [0.29, 0.717) is 5.92 Å². The molecule has 0 aromatic heterocycles. The largest absolute Gasteiger partial charge is 0.405 e. The Morgan fingerprint density at radius 3 is 2.28 bits per heavy atom. The van der Waals surface area contributed by atoms with Gasteiger partial charge in [-0.25, -0.2) is 0 Å². The first-order valence-electron chi connectivity index (χ1n) is 6.27. The van der Waals surface area contributed by atoms with Crippen LogP contribution in [0.5, 0.6) is 0 Å². The normalized spacial score (nSPS) is 13.7. The molecule has 0 saturated heterocycles. The second-order valence-electron chi connectivity index (χ2n) is 5.00. The molecular formula is C12H23F3N2O. The highest BCUT2D eigenvalue weighted by molar-refractivity contribution is 5.78. The van der Waals surface area contributed by atoms with Gasteiger partial charge in [0, 0.05) is 6.04 Å². The molecule has 3 nitrogen and oxygen atoms in total. The summed E-state index contributed by atoms with van der Waals surface area (Å²) in [6, 6.07) is 0.139. The molecule has 2 N–H and O–H groups in total. The number of rotatable bonds is 8. The van der Waals surface area contributed by atoms with Gasteiger partial charge in [-0.3, -0.25) is 4.79 Å². The van der Waals surface area contributed by atoms with Gasteiger partial charge in [0.05, 0.1) is 6.54 Å². The smallest absolute Gasteiger partial charge is 0.346 e. The SMILES string of the molecule is CC(C)CCCC(C)NCC(=O)NCC(F)(F)F. The number of hydrogen-bond donors (Lipinski definition) is 2. The van der Waals surface area contributed by atoms with Gasteiger partial charge >= 0.3 is 6.18 Å². The minimum Gasteiger partial charge on any atom is -0.346 e. The van der Waals surface area contributed by atoms with Crippen LogP contribution in [0.2, 0.25) is 0 Å². The van der Waals surface area contributed by atoms with Crippen molar-refractivity contribution < 1.29 is 18.0 Å². The summed E-state index contributed by atoms with van der Waals surface area (Å²) < 4.78 is 35.5. The first-order valence-corrected chi connectivity index (χ1v) is 6.27. The molecule has 0 aliphatic heterocycles. The van der Waals surface area contributed by atoms with E-state index in [0.717, 1.165) is 19.3 Å². The molecule has 0 aliphatic rings. The third-order valence-corrected chi connectivity index (χ3v) is 2.52. The lowest BCUT2D eigenvalue weighted by molar-refractivity contribution is -0.137. The lowest BCUT2D eigenvalue weighted by atomic mass is 10.0. The van der Waals surface area contributed by atoms with Crippen LogP contribution in [0.25, 0.3) is 0 Å². The Balaban J connectivity index is 3.59. The van der Waals surface area contributed by atoms with Gasteiger partial charge in [-0.1, -0.05) is 26.7 Å². The lowest BCUT2D eigenvalue weighted by Gasteiger charge is -2.14. The third kappa shape index (κ3) is 11.7. The fourth-order valence-electron chi connectivity index (χ4n) is 1.46. The molecular weight excluding hydrogens is 245 g/mol. The Morgan fingerprint density at radius 1 is 1.17 bits per heavy atom. The topological polar surface area (TPSA) is 41.1 Å². The molecule has 18 heavy (non-hydrogen) atoms. The molecule has 0 fully saturated rings. The van der Waals surface area contributed by atoms with Crippen LogP contribution >= 0.6 is 0 Å². The summed E-state index contributed by atoms with van der Waals surface area (Å²) in [5.41, 5.74) is 0. The number of carbonyl (C=O) groups excluding carboxylic acids is 1. The molecule has 0 aliphatic carbocycles. The summed E-state index contributed by atoms with van der Waals surface area (Å²) in [6.07, 6.45) is -1.26. The Kier molecular flexibility index (Phi) is 7.98. The van der Waals surface area contributed by atoms with E-state index in [1.807, 2.05) is 12.2 Å². The van der Waals surface area contributed by atoms with E-state index in [-0.39, 0.29) is 12.6 Å². The number of amides is 1. The van der Waals surface area contributed by atoms with Crippen molar-refractivity contribution in [3.8, 4) is 0 Å². The van der Waals surface area contributed by atoms with E-state index >= 15 is 0 Å². The van der Waals surface area contributed by atoms with E-state index in [2.05, 4.69) is 19.2 Å². The van der Waals surface area contributed by atoms with Crippen LogP contribution in [0.1, 0.15) is 40.0 Å². The van der Waals surface area contributed by atoms with Crippen molar-refractivity contribution in [3.63, 3.8) is 0 Å². The van der Waals surface area contributed by atoms with E-state index in [9.17, 15) is 18.0 Å². The Morgan fingerprint density at radius 2 is 1.78 bits per heavy atom. The highest BCUT2D eigenvalue weighted by Gasteiger charge is 2.27. The summed E-state index contributed by atoms with van der Waals surface area (Å²) in [4.78, 5) is 11.1. The average molecular weight is 268 g/mol. The zero-order valence-electron chi connectivity index (χ0n) is 11.2. The molecule has 1 atom stereocenters. The molecule has 0 rings (SSSR count). The van der Waals surface area contributed by atoms with Gasteiger partial charge in [0.15, 0.2) is 0 Å². The van der Waals surface area contributed by atoms with E-state index in [1.165, 1.54) is 0 Å². The number of nitrogens with one attached hydrogen (secondary N) is 2. The minimum absolute atomic E-state index is 0.0705. The molecule has 0 bridgehead atoms. The van der Waals surface area contributed by atoms with Crippen LogP contribution < -0.4 is 10.6 Å². The van der Waals surface area contributed by atoms with Gasteiger partial charge in [0.1, 0.15) is 6.54 Å². The van der Waals surface area contributed by atoms with Gasteiger partial charge < -0.3 is 10.6 Å². The predicted molar refractivity (Wildman–Crippen MR) is 65.2 cm³/mol. The van der Waals surface area contributed by atoms with Crippen molar-refractivity contribution in [3.05, 3.63) is 0 Å². The Bertz CT molecular complexity index is 242.